The zero-order chi connectivity index (χ0) is 18.8. The average Bonchev–Trinajstić information content (AvgIpc) is 3.17. The monoisotopic (exact) mass is 369 g/mol. The van der Waals surface area contributed by atoms with Crippen molar-refractivity contribution in [2.45, 2.75) is 4.90 Å². The van der Waals surface area contributed by atoms with Crippen LogP contribution in [0.2, 0.25) is 0 Å². The number of fused-ring (bicyclic) bond motifs is 1. The molecule has 0 spiro atoms. The van der Waals surface area contributed by atoms with Gasteiger partial charge in [-0.05, 0) is 54.3 Å². The van der Waals surface area contributed by atoms with Crippen LogP contribution in [0.5, 0.6) is 0 Å². The molecule has 27 heavy (non-hydrogen) atoms. The first-order chi connectivity index (χ1) is 13.2. The number of nitrogens with zero attached hydrogens (tertiary/aromatic N) is 4. The van der Waals surface area contributed by atoms with Crippen LogP contribution < -0.4 is 5.01 Å². The lowest BCUT2D eigenvalue weighted by molar-refractivity contribution is 0.798. The molecule has 0 fully saturated rings. The molecular formula is C22H17N4S. The van der Waals surface area contributed by atoms with E-state index in [4.69, 9.17) is 0 Å². The Morgan fingerprint density at radius 2 is 2.00 bits per heavy atom. The Morgan fingerprint density at radius 1 is 1.15 bits per heavy atom. The van der Waals surface area contributed by atoms with Gasteiger partial charge in [-0.1, -0.05) is 24.3 Å². The maximum atomic E-state index is 9.57. The summed E-state index contributed by atoms with van der Waals surface area (Å²) in [5, 5.41) is 11.6. The first-order valence-corrected chi connectivity index (χ1v) is 9.70. The molecule has 5 heteroatoms. The van der Waals surface area contributed by atoms with Crippen molar-refractivity contribution in [2.75, 3.05) is 18.3 Å². The Hall–Kier alpha value is -3.23. The maximum Gasteiger partial charge on any atom is 0.116 e. The second-order valence-electron chi connectivity index (χ2n) is 6.09. The summed E-state index contributed by atoms with van der Waals surface area (Å²) < 4.78 is 2.01. The first kappa shape index (κ1) is 17.2. The Labute approximate surface area is 162 Å². The number of anilines is 1. The third-order valence-electron chi connectivity index (χ3n) is 4.56. The molecule has 0 atom stereocenters. The van der Waals surface area contributed by atoms with Crippen molar-refractivity contribution in [3.05, 3.63) is 78.6 Å². The van der Waals surface area contributed by atoms with Crippen LogP contribution in [-0.2, 0) is 0 Å². The topological polar surface area (TPSA) is 44.9 Å². The van der Waals surface area contributed by atoms with Crippen molar-refractivity contribution in [3.63, 3.8) is 0 Å². The fraction of sp³-hybridized carbons (Fsp3) is 0.0909. The molecule has 4 aromatic rings. The molecule has 0 aliphatic rings. The van der Waals surface area contributed by atoms with E-state index < -0.39 is 0 Å². The smallest absolute Gasteiger partial charge is 0.116 e. The molecule has 0 saturated carbocycles. The highest BCUT2D eigenvalue weighted by molar-refractivity contribution is 7.98. The zero-order valence-corrected chi connectivity index (χ0v) is 15.9. The van der Waals surface area contributed by atoms with Gasteiger partial charge in [-0.25, -0.2) is 9.66 Å². The highest BCUT2D eigenvalue weighted by Crippen LogP contribution is 2.31. The summed E-state index contributed by atoms with van der Waals surface area (Å²) in [5.74, 6) is 0. The molecule has 1 radical (unpaired) electrons. The van der Waals surface area contributed by atoms with Gasteiger partial charge < -0.3 is 0 Å². The Bertz CT molecular complexity index is 1160. The van der Waals surface area contributed by atoms with Crippen LogP contribution in [0.15, 0.2) is 71.9 Å². The largest absolute Gasteiger partial charge is 0.283 e. The van der Waals surface area contributed by atoms with Crippen molar-refractivity contribution < 1.29 is 0 Å². The molecule has 0 saturated heterocycles. The number of aromatic nitrogens is 2. The van der Waals surface area contributed by atoms with Crippen molar-refractivity contribution in [1.29, 1.82) is 5.26 Å². The highest BCUT2D eigenvalue weighted by atomic mass is 32.2. The van der Waals surface area contributed by atoms with Gasteiger partial charge in [0.25, 0.3) is 0 Å². The Kier molecular flexibility index (Phi) is 4.57. The van der Waals surface area contributed by atoms with Crippen LogP contribution in [-0.4, -0.2) is 23.0 Å². The van der Waals surface area contributed by atoms with Gasteiger partial charge in [-0.2, -0.15) is 5.26 Å². The van der Waals surface area contributed by atoms with E-state index in [1.807, 2.05) is 83.9 Å². The number of thioether (sulfide) groups is 1. The number of rotatable bonds is 4. The lowest BCUT2D eigenvalue weighted by Gasteiger charge is -2.22. The van der Waals surface area contributed by atoms with E-state index in [0.29, 0.717) is 5.56 Å². The van der Waals surface area contributed by atoms with Crippen molar-refractivity contribution in [1.82, 2.24) is 9.66 Å². The van der Waals surface area contributed by atoms with Crippen LogP contribution in [0.4, 0.5) is 5.69 Å². The molecule has 1 heterocycles. The molecule has 4 nitrogen and oxygen atoms in total. The SMILES string of the molecule is CSc1[c]ccc(-c2cc(N(C)n3cnc4ccccc43)ccc2C#N)c1. The van der Waals surface area contributed by atoms with Gasteiger partial charge in [-0.15, -0.1) is 11.8 Å². The lowest BCUT2D eigenvalue weighted by atomic mass is 9.99. The normalized spacial score (nSPS) is 10.7. The van der Waals surface area contributed by atoms with E-state index in [9.17, 15) is 5.26 Å². The molecule has 4 rings (SSSR count). The van der Waals surface area contributed by atoms with E-state index in [0.717, 1.165) is 32.7 Å². The van der Waals surface area contributed by atoms with E-state index in [2.05, 4.69) is 23.2 Å². The van der Waals surface area contributed by atoms with Crippen molar-refractivity contribution >= 4 is 28.5 Å². The maximum absolute atomic E-state index is 9.57. The molecule has 1 aromatic heterocycles. The van der Waals surface area contributed by atoms with E-state index in [-0.39, 0.29) is 0 Å². The fourth-order valence-electron chi connectivity index (χ4n) is 3.11. The number of imidazole rings is 1. The number of benzene rings is 3. The molecule has 0 unspecified atom stereocenters. The standard InChI is InChI=1S/C22H17N4S/c1-25(26-15-24-21-8-3-4-9-22(21)26)18-11-10-17(14-23)20(13-18)16-6-5-7-19(12-16)27-2/h3-6,8-13,15H,1-2H3. The predicted octanol–water partition coefficient (Wildman–Crippen LogP) is 5.00. The first-order valence-electron chi connectivity index (χ1n) is 8.47. The van der Waals surface area contributed by atoms with Crippen LogP contribution in [0, 0.1) is 17.4 Å². The van der Waals surface area contributed by atoms with E-state index >= 15 is 0 Å². The average molecular weight is 369 g/mol. The van der Waals surface area contributed by atoms with Gasteiger partial charge in [-0.3, -0.25) is 5.01 Å². The summed E-state index contributed by atoms with van der Waals surface area (Å²) in [6.45, 7) is 0. The zero-order valence-electron chi connectivity index (χ0n) is 15.0. The number of nitriles is 1. The van der Waals surface area contributed by atoms with E-state index in [1.54, 1.807) is 11.8 Å². The summed E-state index contributed by atoms with van der Waals surface area (Å²) in [5.41, 5.74) is 5.54. The quantitative estimate of drug-likeness (QED) is 0.475. The minimum atomic E-state index is 0.654. The summed E-state index contributed by atoms with van der Waals surface area (Å²) in [6.07, 6.45) is 3.83. The fourth-order valence-corrected chi connectivity index (χ4v) is 3.54. The highest BCUT2D eigenvalue weighted by Gasteiger charge is 2.12. The van der Waals surface area contributed by atoms with Crippen LogP contribution in [0.25, 0.3) is 22.2 Å². The van der Waals surface area contributed by atoms with Gasteiger partial charge in [0.1, 0.15) is 6.33 Å². The molecule has 0 aliphatic carbocycles. The van der Waals surface area contributed by atoms with Crippen LogP contribution >= 0.6 is 11.8 Å². The van der Waals surface area contributed by atoms with Gasteiger partial charge in [0, 0.05) is 17.5 Å². The lowest BCUT2D eigenvalue weighted by Crippen LogP contribution is -2.23. The van der Waals surface area contributed by atoms with Crippen LogP contribution in [0.3, 0.4) is 0 Å². The molecular weight excluding hydrogens is 352 g/mol. The predicted molar refractivity (Wildman–Crippen MR) is 111 cm³/mol. The minimum Gasteiger partial charge on any atom is -0.283 e. The molecule has 0 N–H and O–H groups in total. The number of hydrogen-bond acceptors (Lipinski definition) is 4. The van der Waals surface area contributed by atoms with Gasteiger partial charge >= 0.3 is 0 Å². The van der Waals surface area contributed by atoms with Gasteiger partial charge in [0.15, 0.2) is 0 Å². The molecule has 0 bridgehead atoms. The summed E-state index contributed by atoms with van der Waals surface area (Å²) in [4.78, 5) is 5.52. The Balaban J connectivity index is 1.81. The third-order valence-corrected chi connectivity index (χ3v) is 5.24. The molecule has 0 aliphatic heterocycles. The molecule has 3 aromatic carbocycles. The second kappa shape index (κ2) is 7.18. The number of hydrogen-bond donors (Lipinski definition) is 0. The summed E-state index contributed by atoms with van der Waals surface area (Å²) in [7, 11) is 1.99. The number of para-hydroxylation sites is 2. The van der Waals surface area contributed by atoms with Gasteiger partial charge in [0.2, 0.25) is 0 Å². The Morgan fingerprint density at radius 3 is 2.81 bits per heavy atom. The van der Waals surface area contributed by atoms with E-state index in [1.165, 1.54) is 0 Å². The van der Waals surface area contributed by atoms with Crippen molar-refractivity contribution in [3.8, 4) is 17.2 Å². The second-order valence-corrected chi connectivity index (χ2v) is 6.94. The van der Waals surface area contributed by atoms with Crippen LogP contribution in [0.1, 0.15) is 5.56 Å². The molecule has 0 amide bonds. The summed E-state index contributed by atoms with van der Waals surface area (Å²) >= 11 is 1.64. The molecule has 131 valence electrons. The minimum absolute atomic E-state index is 0.654. The van der Waals surface area contributed by atoms with Crippen molar-refractivity contribution in [2.24, 2.45) is 0 Å². The third kappa shape index (κ3) is 3.16. The summed E-state index contributed by atoms with van der Waals surface area (Å²) in [6, 6.07) is 25.4. The van der Waals surface area contributed by atoms with Gasteiger partial charge in [0.05, 0.1) is 28.4 Å².